The first-order valence-electron chi connectivity index (χ1n) is 37.8. The second kappa shape index (κ2) is 35.7. The summed E-state index contributed by atoms with van der Waals surface area (Å²) in [4.78, 5) is 73.9. The van der Waals surface area contributed by atoms with Gasteiger partial charge in [-0.15, -0.1) is 0 Å². The van der Waals surface area contributed by atoms with Gasteiger partial charge in [-0.1, -0.05) is 90.5 Å². The zero-order chi connectivity index (χ0) is 83.4. The molecule has 120 heavy (non-hydrogen) atoms. The van der Waals surface area contributed by atoms with Crippen LogP contribution in [-0.4, -0.2) is 135 Å². The number of hydrogen-bond acceptors (Lipinski definition) is 19. The molecule has 7 aromatic carbocycles. The Labute approximate surface area is 686 Å². The summed E-state index contributed by atoms with van der Waals surface area (Å²) >= 11 is 6.31. The highest BCUT2D eigenvalue weighted by atomic mass is 35.5. The SMILES string of the molecule is CC(=O)Nc1ccc(Nc2nc(-c3ccc4ccccc4c3)cn3ccnc23)cc1.CCN(CCO)c1ccc(Nc2nc(-c3cc(C(F)(F)F)cc(C(F)(F)F)c3)cn3ccnc23)cc1.Clc1ccccc1-c1cn2ccnc2c(NCc2ccccn2)n1.O=C(O)c1ccc(-c2cn3ccnc3c(N3CCN(c4ccccn4)CC3)n2)cc1. The monoisotopic (exact) mass is 1640 g/mol. The second-order valence-electron chi connectivity index (χ2n) is 27.4. The van der Waals surface area contributed by atoms with Crippen LogP contribution in [0.25, 0.3) is 78.4 Å². The number of anilines is 9. The molecular formula is C88H74ClF6N21O4. The Morgan fingerprint density at radius 2 is 0.983 bits per heavy atom. The van der Waals surface area contributed by atoms with E-state index in [0.29, 0.717) is 59.8 Å². The summed E-state index contributed by atoms with van der Waals surface area (Å²) in [5.74, 6) is 2.30. The third-order valence-electron chi connectivity index (χ3n) is 19.4. The average molecular weight is 1640 g/mol. The van der Waals surface area contributed by atoms with Crippen LogP contribution in [0.3, 0.4) is 0 Å². The van der Waals surface area contributed by atoms with Crippen molar-refractivity contribution in [3.63, 3.8) is 0 Å². The lowest BCUT2D eigenvalue weighted by Gasteiger charge is -2.36. The van der Waals surface area contributed by atoms with Crippen molar-refractivity contribution in [3.8, 4) is 45.0 Å². The number of halogens is 7. The molecular weight excluding hydrogens is 1560 g/mol. The molecule has 0 saturated carbocycles. The Hall–Kier alpha value is -14.9. The van der Waals surface area contributed by atoms with Gasteiger partial charge in [0.05, 0.1) is 63.3 Å². The zero-order valence-corrected chi connectivity index (χ0v) is 64.9. The molecule has 0 aliphatic carbocycles. The number of nitrogens with zero attached hydrogens (tertiary/aromatic N) is 17. The molecule has 0 bridgehead atoms. The first-order valence-corrected chi connectivity index (χ1v) is 38.2. The largest absolute Gasteiger partial charge is 0.478 e. The molecule has 17 aromatic rings. The molecule has 0 spiro atoms. The van der Waals surface area contributed by atoms with E-state index in [0.717, 1.165) is 111 Å². The molecule has 32 heteroatoms. The third kappa shape index (κ3) is 19.0. The zero-order valence-electron chi connectivity index (χ0n) is 64.2. The minimum atomic E-state index is -4.97. The smallest absolute Gasteiger partial charge is 0.416 e. The van der Waals surface area contributed by atoms with Crippen molar-refractivity contribution in [1.82, 2.24) is 67.4 Å². The van der Waals surface area contributed by atoms with Crippen LogP contribution in [-0.2, 0) is 23.7 Å². The molecule has 1 aliphatic rings. The average Bonchev–Trinajstić information content (AvgIpc) is 1.42. The molecule has 25 nitrogen and oxygen atoms in total. The number of aromatic carboxylic acids is 1. The number of benzene rings is 7. The summed E-state index contributed by atoms with van der Waals surface area (Å²) in [6.07, 6.45) is 14.7. The number of nitrogens with one attached hydrogen (secondary N) is 4. The number of aromatic nitrogens is 14. The summed E-state index contributed by atoms with van der Waals surface area (Å²) in [5.41, 5.74) is 8.81. The maximum atomic E-state index is 13.4. The molecule has 6 N–H and O–H groups in total. The quantitative estimate of drug-likeness (QED) is 0.0410. The van der Waals surface area contributed by atoms with E-state index in [1.807, 2.05) is 178 Å². The Kier molecular flexibility index (Phi) is 23.9. The Bertz CT molecular complexity index is 6410. The van der Waals surface area contributed by atoms with Crippen LogP contribution in [0.1, 0.15) is 41.0 Å². The molecule has 1 saturated heterocycles. The molecule has 18 rings (SSSR count). The summed E-state index contributed by atoms with van der Waals surface area (Å²) in [7, 11) is 0. The number of carboxylic acid groups (broad SMARTS) is 1. The fourth-order valence-corrected chi connectivity index (χ4v) is 13.7. The van der Waals surface area contributed by atoms with E-state index in [1.54, 1.807) is 61.2 Å². The number of hydrogen-bond donors (Lipinski definition) is 6. The lowest BCUT2D eigenvalue weighted by atomic mass is 10.0. The number of fused-ring (bicyclic) bond motifs is 5. The first kappa shape index (κ1) is 80.3. The molecule has 1 fully saturated rings. The van der Waals surface area contributed by atoms with Gasteiger partial charge in [0.25, 0.3) is 0 Å². The number of carboxylic acids is 1. The van der Waals surface area contributed by atoms with Crippen LogP contribution in [0.15, 0.2) is 281 Å². The van der Waals surface area contributed by atoms with Crippen LogP contribution < -0.4 is 36.0 Å². The van der Waals surface area contributed by atoms with Crippen LogP contribution in [0.2, 0.25) is 5.02 Å². The highest BCUT2D eigenvalue weighted by Gasteiger charge is 2.37. The topological polar surface area (TPSA) is 279 Å². The molecule has 0 atom stereocenters. The summed E-state index contributed by atoms with van der Waals surface area (Å²) in [6, 6.07) is 56.8. The highest BCUT2D eigenvalue weighted by molar-refractivity contribution is 6.33. The van der Waals surface area contributed by atoms with Crippen molar-refractivity contribution in [2.45, 2.75) is 32.7 Å². The van der Waals surface area contributed by atoms with Gasteiger partial charge in [-0.05, 0) is 133 Å². The van der Waals surface area contributed by atoms with Crippen molar-refractivity contribution in [3.05, 3.63) is 308 Å². The number of likely N-dealkylation sites (N-methyl/N-ethyl adjacent to an activating group) is 1. The predicted octanol–water partition coefficient (Wildman–Crippen LogP) is 18.1. The van der Waals surface area contributed by atoms with Gasteiger partial charge in [-0.25, -0.2) is 49.7 Å². The number of aliphatic hydroxyl groups is 1. The summed E-state index contributed by atoms with van der Waals surface area (Å²) in [6.45, 7) is 8.47. The third-order valence-corrected chi connectivity index (χ3v) is 19.7. The van der Waals surface area contributed by atoms with E-state index in [4.69, 9.17) is 31.7 Å². The Morgan fingerprint density at radius 3 is 1.54 bits per heavy atom. The number of piperazine rings is 1. The Balaban J connectivity index is 0.000000126. The fraction of sp³-hybridized carbons (Fsp3) is 0.136. The number of carbonyl (C=O) groups excluding carboxylic acids is 1. The van der Waals surface area contributed by atoms with Crippen LogP contribution in [0.4, 0.5) is 78.2 Å². The van der Waals surface area contributed by atoms with Gasteiger partial charge < -0.3 is 63.8 Å². The molecule has 0 unspecified atom stereocenters. The normalized spacial score (nSPS) is 12.2. The number of imidazole rings is 4. The van der Waals surface area contributed by atoms with Crippen LogP contribution in [0, 0.1) is 0 Å². The van der Waals surface area contributed by atoms with Crippen molar-refractivity contribution in [2.24, 2.45) is 0 Å². The van der Waals surface area contributed by atoms with E-state index < -0.39 is 29.4 Å². The summed E-state index contributed by atoms with van der Waals surface area (Å²) in [5, 5.41) is 33.9. The number of rotatable bonds is 19. The van der Waals surface area contributed by atoms with Crippen molar-refractivity contribution in [1.29, 1.82) is 0 Å². The molecule has 11 heterocycles. The van der Waals surface area contributed by atoms with E-state index in [-0.39, 0.29) is 41.2 Å². The lowest BCUT2D eigenvalue weighted by Crippen LogP contribution is -2.47. The van der Waals surface area contributed by atoms with Crippen molar-refractivity contribution >= 4 is 109 Å². The summed E-state index contributed by atoms with van der Waals surface area (Å²) < 4.78 is 87.4. The van der Waals surface area contributed by atoms with Gasteiger partial charge in [0.2, 0.25) is 5.91 Å². The molecule has 1 aliphatic heterocycles. The standard InChI is InChI=1S/C24H21F6N5O.C24H19N5O.C22H20N6O2.C18H14ClN5/c1-2-34(9-10-36)19-5-3-18(4-6-19)32-21-22-31-7-8-35(22)14-20(33-21)15-11-16(23(25,26)27)13-17(12-15)24(28,29)30;1-16(30)26-20-8-10-21(11-9-20)27-23-24-25-12-13-29(24)15-22(28-23)19-7-6-17-4-2-3-5-18(17)14-19;29-22(30)17-6-4-16(5-7-17)18-15-28-10-9-24-20(28)21(25-18)27-13-11-26(12-14-27)19-3-1-2-8-23-19;19-15-7-2-1-6-14(15)16-12-24-10-9-21-18(24)17(23-16)22-11-13-5-3-4-8-20-13/h3-8,11-14,36H,2,9-10H2,1H3,(H,32,33);2-15H,1H3,(H,26,30)(H,27,28);1-10,15H,11-14H2,(H,29,30);1-10,12H,11H2,(H,22,23). The van der Waals surface area contributed by atoms with E-state index >= 15 is 0 Å². The van der Waals surface area contributed by atoms with Crippen LogP contribution in [0.5, 0.6) is 0 Å². The molecule has 0 radical (unpaired) electrons. The van der Waals surface area contributed by atoms with Gasteiger partial charge >= 0.3 is 18.3 Å². The van der Waals surface area contributed by atoms with Crippen molar-refractivity contribution < 1.29 is 46.1 Å². The maximum Gasteiger partial charge on any atom is 0.416 e. The molecule has 1 amide bonds. The van der Waals surface area contributed by atoms with E-state index in [2.05, 4.69) is 96.3 Å². The first-order chi connectivity index (χ1) is 58.1. The number of alkyl halides is 6. The minimum absolute atomic E-state index is 0.00594. The van der Waals surface area contributed by atoms with Crippen molar-refractivity contribution in [2.75, 3.05) is 81.8 Å². The maximum absolute atomic E-state index is 13.4. The molecule has 10 aromatic heterocycles. The minimum Gasteiger partial charge on any atom is -0.478 e. The van der Waals surface area contributed by atoms with Gasteiger partial charge in [-0.2, -0.15) is 26.3 Å². The van der Waals surface area contributed by atoms with Gasteiger partial charge in [0.1, 0.15) is 5.82 Å². The number of carbonyl (C=O) groups is 2. The van der Waals surface area contributed by atoms with Gasteiger partial charge in [0.15, 0.2) is 45.9 Å². The fourth-order valence-electron chi connectivity index (χ4n) is 13.5. The lowest BCUT2D eigenvalue weighted by molar-refractivity contribution is -0.143. The van der Waals surface area contributed by atoms with Crippen LogP contribution >= 0.6 is 11.6 Å². The number of pyridine rings is 2. The second-order valence-corrected chi connectivity index (χ2v) is 27.8. The van der Waals surface area contributed by atoms with E-state index in [9.17, 15) is 41.0 Å². The number of aliphatic hydroxyl groups excluding tert-OH is 1. The van der Waals surface area contributed by atoms with Gasteiger partial charge in [0, 0.05) is 178 Å². The predicted molar refractivity (Wildman–Crippen MR) is 452 cm³/mol. The molecule has 604 valence electrons. The van der Waals surface area contributed by atoms with Gasteiger partial charge in [-0.3, -0.25) is 9.78 Å². The number of amides is 1. The highest BCUT2D eigenvalue weighted by Crippen LogP contribution is 2.40. The van der Waals surface area contributed by atoms with E-state index in [1.165, 1.54) is 40.7 Å². The Morgan fingerprint density at radius 1 is 0.483 bits per heavy atom.